The fourth-order valence-corrected chi connectivity index (χ4v) is 3.28. The number of nitrogens with one attached hydrogen (secondary N) is 1. The normalized spacial score (nSPS) is 12.8. The summed E-state index contributed by atoms with van der Waals surface area (Å²) in [6.07, 6.45) is 0. The minimum absolute atomic E-state index is 0.201. The fourth-order valence-electron chi connectivity index (χ4n) is 3.28. The van der Waals surface area contributed by atoms with Crippen molar-refractivity contribution in [2.75, 3.05) is 18.5 Å². The first-order chi connectivity index (χ1) is 13.5. The summed E-state index contributed by atoms with van der Waals surface area (Å²) < 4.78 is 12.6. The van der Waals surface area contributed by atoms with Crippen molar-refractivity contribution in [3.63, 3.8) is 0 Å². The van der Waals surface area contributed by atoms with Crippen LogP contribution in [0.2, 0.25) is 0 Å². The third-order valence-electron chi connectivity index (χ3n) is 4.68. The Hall–Kier alpha value is -3.48. The minimum atomic E-state index is -0.582. The number of nitrogens with two attached hydrogens (primary N) is 1. The van der Waals surface area contributed by atoms with Crippen LogP contribution in [0.4, 0.5) is 5.69 Å². The molecule has 1 aliphatic rings. The quantitative estimate of drug-likeness (QED) is 0.708. The summed E-state index contributed by atoms with van der Waals surface area (Å²) in [5.41, 5.74) is 8.31. The zero-order valence-corrected chi connectivity index (χ0v) is 15.5. The smallest absolute Gasteiger partial charge is 0.256 e. The van der Waals surface area contributed by atoms with Gasteiger partial charge in [0.25, 0.3) is 5.56 Å². The molecule has 1 aliphatic heterocycles. The molecule has 0 bridgehead atoms. The zero-order chi connectivity index (χ0) is 19.7. The Morgan fingerprint density at radius 2 is 1.79 bits per heavy atom. The molecule has 0 fully saturated rings. The lowest BCUT2D eigenvalue weighted by Crippen LogP contribution is -2.31. The Balaban J connectivity index is 1.77. The number of carbonyl (C=O) groups excluding carboxylic acids is 1. The van der Waals surface area contributed by atoms with Crippen LogP contribution in [0.25, 0.3) is 10.9 Å². The van der Waals surface area contributed by atoms with Crippen LogP contribution in [0, 0.1) is 6.92 Å². The maximum Gasteiger partial charge on any atom is 0.256 e. The lowest BCUT2D eigenvalue weighted by Gasteiger charge is -2.20. The highest BCUT2D eigenvalue weighted by atomic mass is 16.6. The van der Waals surface area contributed by atoms with E-state index >= 15 is 0 Å². The molecule has 4 rings (SSSR count). The molecule has 0 aliphatic carbocycles. The second kappa shape index (κ2) is 7.26. The van der Waals surface area contributed by atoms with Gasteiger partial charge in [0, 0.05) is 29.2 Å². The molecular weight excluding hydrogens is 358 g/mol. The average molecular weight is 379 g/mol. The van der Waals surface area contributed by atoms with E-state index in [0.717, 1.165) is 16.6 Å². The Morgan fingerprint density at radius 1 is 1.11 bits per heavy atom. The first-order valence-electron chi connectivity index (χ1n) is 9.06. The third kappa shape index (κ3) is 3.51. The Morgan fingerprint density at radius 3 is 2.46 bits per heavy atom. The molecule has 144 valence electrons. The molecule has 7 heteroatoms. The molecule has 0 unspecified atom stereocenters. The van der Waals surface area contributed by atoms with Crippen LogP contribution in [0.3, 0.4) is 0 Å². The summed E-state index contributed by atoms with van der Waals surface area (Å²) in [4.78, 5) is 24.6. The van der Waals surface area contributed by atoms with Crippen LogP contribution < -0.4 is 26.1 Å². The average Bonchev–Trinajstić information content (AvgIpc) is 2.68. The number of amides is 1. The predicted molar refractivity (Wildman–Crippen MR) is 107 cm³/mol. The SMILES string of the molecule is Cc1ccc(NCc2cc3cc4c(cc3n(CC(N)=O)c2=O)OCCO4)cc1. The molecule has 0 saturated heterocycles. The van der Waals surface area contributed by atoms with E-state index < -0.39 is 5.91 Å². The Kier molecular flexibility index (Phi) is 4.65. The van der Waals surface area contributed by atoms with Crippen LogP contribution >= 0.6 is 0 Å². The lowest BCUT2D eigenvalue weighted by molar-refractivity contribution is -0.118. The van der Waals surface area contributed by atoms with Crippen molar-refractivity contribution in [1.29, 1.82) is 0 Å². The van der Waals surface area contributed by atoms with E-state index in [0.29, 0.717) is 42.3 Å². The van der Waals surface area contributed by atoms with Gasteiger partial charge in [-0.05, 0) is 31.2 Å². The number of fused-ring (bicyclic) bond motifs is 2. The Bertz CT molecular complexity index is 1100. The molecule has 28 heavy (non-hydrogen) atoms. The number of hydrogen-bond acceptors (Lipinski definition) is 5. The summed E-state index contributed by atoms with van der Waals surface area (Å²) in [5.74, 6) is 0.601. The van der Waals surface area contributed by atoms with Gasteiger partial charge in [-0.3, -0.25) is 14.2 Å². The van der Waals surface area contributed by atoms with Crippen LogP contribution in [0.5, 0.6) is 11.5 Å². The van der Waals surface area contributed by atoms with Gasteiger partial charge in [0.15, 0.2) is 11.5 Å². The van der Waals surface area contributed by atoms with Gasteiger partial charge in [0.1, 0.15) is 19.8 Å². The maximum atomic E-state index is 13.0. The van der Waals surface area contributed by atoms with Crippen molar-refractivity contribution in [2.45, 2.75) is 20.0 Å². The van der Waals surface area contributed by atoms with Gasteiger partial charge in [-0.2, -0.15) is 0 Å². The van der Waals surface area contributed by atoms with Gasteiger partial charge in [-0.25, -0.2) is 0 Å². The summed E-state index contributed by atoms with van der Waals surface area (Å²) in [6.45, 7) is 3.05. The van der Waals surface area contributed by atoms with Crippen molar-refractivity contribution >= 4 is 22.5 Å². The van der Waals surface area contributed by atoms with E-state index in [-0.39, 0.29) is 12.1 Å². The van der Waals surface area contributed by atoms with Crippen molar-refractivity contribution in [1.82, 2.24) is 4.57 Å². The Labute approximate surface area is 161 Å². The van der Waals surface area contributed by atoms with Gasteiger partial charge in [-0.15, -0.1) is 0 Å². The zero-order valence-electron chi connectivity index (χ0n) is 15.5. The van der Waals surface area contributed by atoms with E-state index in [1.54, 1.807) is 6.07 Å². The number of ether oxygens (including phenoxy) is 2. The first-order valence-corrected chi connectivity index (χ1v) is 9.06. The van der Waals surface area contributed by atoms with E-state index in [9.17, 15) is 9.59 Å². The van der Waals surface area contributed by atoms with Crippen molar-refractivity contribution in [3.8, 4) is 11.5 Å². The van der Waals surface area contributed by atoms with Crippen LogP contribution in [-0.2, 0) is 17.9 Å². The molecule has 1 amide bonds. The number of benzene rings is 2. The van der Waals surface area contributed by atoms with Crippen molar-refractivity contribution in [2.24, 2.45) is 5.73 Å². The second-order valence-corrected chi connectivity index (χ2v) is 6.80. The van der Waals surface area contributed by atoms with Crippen molar-refractivity contribution < 1.29 is 14.3 Å². The predicted octanol–water partition coefficient (Wildman–Crippen LogP) is 2.18. The van der Waals surface area contributed by atoms with Gasteiger partial charge < -0.3 is 20.5 Å². The van der Waals surface area contributed by atoms with E-state index in [1.807, 2.05) is 43.3 Å². The summed E-state index contributed by atoms with van der Waals surface area (Å²) in [7, 11) is 0. The third-order valence-corrected chi connectivity index (χ3v) is 4.68. The molecule has 2 aromatic carbocycles. The van der Waals surface area contributed by atoms with Crippen LogP contribution in [-0.4, -0.2) is 23.7 Å². The molecule has 2 heterocycles. The molecule has 3 N–H and O–H groups in total. The number of pyridine rings is 1. The summed E-state index contributed by atoms with van der Waals surface area (Å²) >= 11 is 0. The fraction of sp³-hybridized carbons (Fsp3) is 0.238. The highest BCUT2D eigenvalue weighted by molar-refractivity contribution is 5.85. The molecule has 0 radical (unpaired) electrons. The molecule has 0 saturated carbocycles. The van der Waals surface area contributed by atoms with Crippen molar-refractivity contribution in [3.05, 3.63) is 63.9 Å². The monoisotopic (exact) mass is 379 g/mol. The summed E-state index contributed by atoms with van der Waals surface area (Å²) in [5, 5.41) is 4.03. The number of anilines is 1. The number of rotatable bonds is 5. The van der Waals surface area contributed by atoms with Gasteiger partial charge in [0.05, 0.1) is 5.52 Å². The highest BCUT2D eigenvalue weighted by Gasteiger charge is 2.17. The molecule has 0 spiro atoms. The summed E-state index contributed by atoms with van der Waals surface area (Å²) in [6, 6.07) is 13.3. The number of nitrogens with zero attached hydrogens (tertiary/aromatic N) is 1. The van der Waals surface area contributed by atoms with E-state index in [1.165, 1.54) is 4.57 Å². The molecule has 3 aromatic rings. The first kappa shape index (κ1) is 17.9. The van der Waals surface area contributed by atoms with Gasteiger partial charge in [0.2, 0.25) is 5.91 Å². The number of primary amides is 1. The standard InChI is InChI=1S/C21H21N3O4/c1-13-2-4-16(5-3-13)23-11-15-8-14-9-18-19(28-7-6-27-18)10-17(14)24(21(15)26)12-20(22)25/h2-5,8-10,23H,6-7,11-12H2,1H3,(H2,22,25). The molecule has 0 atom stereocenters. The second-order valence-electron chi connectivity index (χ2n) is 6.80. The van der Waals surface area contributed by atoms with Gasteiger partial charge >= 0.3 is 0 Å². The topological polar surface area (TPSA) is 95.6 Å². The van der Waals surface area contributed by atoms with Crippen LogP contribution in [0.15, 0.2) is 47.3 Å². The van der Waals surface area contributed by atoms with Crippen LogP contribution in [0.1, 0.15) is 11.1 Å². The lowest BCUT2D eigenvalue weighted by atomic mass is 10.1. The number of hydrogen-bond donors (Lipinski definition) is 2. The number of aryl methyl sites for hydroxylation is 1. The maximum absolute atomic E-state index is 13.0. The van der Waals surface area contributed by atoms with Gasteiger partial charge in [-0.1, -0.05) is 17.7 Å². The van der Waals surface area contributed by atoms with E-state index in [2.05, 4.69) is 5.32 Å². The minimum Gasteiger partial charge on any atom is -0.486 e. The number of carbonyl (C=O) groups is 1. The molecule has 1 aromatic heterocycles. The van der Waals surface area contributed by atoms with E-state index in [4.69, 9.17) is 15.2 Å². The molecular formula is C21H21N3O4. The highest BCUT2D eigenvalue weighted by Crippen LogP contribution is 2.34. The molecule has 7 nitrogen and oxygen atoms in total. The number of aromatic nitrogens is 1. The largest absolute Gasteiger partial charge is 0.486 e.